The van der Waals surface area contributed by atoms with Crippen LogP contribution in [0.2, 0.25) is 0 Å². The Balaban J connectivity index is 0.000000150. The van der Waals surface area contributed by atoms with Crippen LogP contribution in [-0.4, -0.2) is 39.5 Å². The smallest absolute Gasteiger partial charge is 0.0899 e. The lowest BCUT2D eigenvalue weighted by atomic mass is 10.0. The molecule has 0 amide bonds. The zero-order chi connectivity index (χ0) is 38.9. The average molecular weight is 749 g/mol. The Hall–Kier alpha value is -8.10. The van der Waals surface area contributed by atoms with Crippen LogP contribution in [0.25, 0.3) is 78.9 Å². The van der Waals surface area contributed by atoms with E-state index in [2.05, 4.69) is 117 Å². The molecule has 0 bridgehead atoms. The third-order valence-corrected chi connectivity index (χ3v) is 9.58. The van der Waals surface area contributed by atoms with Gasteiger partial charge in [-0.1, -0.05) is 97.1 Å². The van der Waals surface area contributed by atoms with Crippen LogP contribution in [0, 0.1) is 0 Å². The van der Waals surface area contributed by atoms with E-state index in [1.54, 1.807) is 24.8 Å². The van der Waals surface area contributed by atoms with Crippen LogP contribution in [0.15, 0.2) is 219 Å². The largest absolute Gasteiger partial charge is 0.255 e. The predicted molar refractivity (Wildman–Crippen MR) is 231 cm³/mol. The fraction of sp³-hybridized carbons (Fsp3) is 0. The van der Waals surface area contributed by atoms with Crippen molar-refractivity contribution in [3.8, 4) is 78.9 Å². The highest BCUT2D eigenvalue weighted by atomic mass is 15.3. The molecule has 0 fully saturated rings. The van der Waals surface area contributed by atoms with Gasteiger partial charge in [0.2, 0.25) is 0 Å². The maximum absolute atomic E-state index is 4.88. The molecule has 0 spiro atoms. The normalized spacial score (nSPS) is 10.8. The van der Waals surface area contributed by atoms with Gasteiger partial charge in [-0.05, 0) is 107 Å². The van der Waals surface area contributed by atoms with Crippen molar-refractivity contribution in [1.29, 1.82) is 0 Å². The van der Waals surface area contributed by atoms with Gasteiger partial charge >= 0.3 is 0 Å². The molecule has 0 aliphatic heterocycles. The minimum Gasteiger partial charge on any atom is -0.255 e. The quantitative estimate of drug-likeness (QED) is 0.154. The van der Waals surface area contributed by atoms with Crippen molar-refractivity contribution >= 4 is 0 Å². The van der Waals surface area contributed by atoms with E-state index in [1.807, 2.05) is 107 Å². The molecule has 6 aromatic heterocycles. The lowest BCUT2D eigenvalue weighted by Crippen LogP contribution is -1.94. The molecule has 8 nitrogen and oxygen atoms in total. The maximum Gasteiger partial charge on any atom is 0.0899 e. The molecule has 0 aliphatic rings. The van der Waals surface area contributed by atoms with Crippen molar-refractivity contribution in [3.05, 3.63) is 219 Å². The number of benzene rings is 4. The Morgan fingerprint density at radius 2 is 0.672 bits per heavy atom. The van der Waals surface area contributed by atoms with Gasteiger partial charge in [0, 0.05) is 48.3 Å². The zero-order valence-electron chi connectivity index (χ0n) is 31.4. The van der Waals surface area contributed by atoms with E-state index < -0.39 is 0 Å². The molecule has 276 valence electrons. The summed E-state index contributed by atoms with van der Waals surface area (Å²) in [5.41, 5.74) is 14.0. The molecule has 58 heavy (non-hydrogen) atoms. The number of rotatable bonds is 8. The van der Waals surface area contributed by atoms with E-state index >= 15 is 0 Å². The van der Waals surface area contributed by atoms with Crippen molar-refractivity contribution in [1.82, 2.24) is 39.5 Å². The molecule has 6 heterocycles. The average Bonchev–Trinajstić information content (AvgIpc) is 4.07. The molecule has 8 heteroatoms. The minimum absolute atomic E-state index is 0.859. The first-order valence-corrected chi connectivity index (χ1v) is 18.9. The predicted octanol–water partition coefficient (Wildman–Crippen LogP) is 11.3. The van der Waals surface area contributed by atoms with E-state index in [1.165, 1.54) is 0 Å². The first-order valence-electron chi connectivity index (χ1n) is 18.9. The van der Waals surface area contributed by atoms with Crippen molar-refractivity contribution in [2.45, 2.75) is 0 Å². The van der Waals surface area contributed by atoms with Gasteiger partial charge in [-0.25, -0.2) is 19.3 Å². The highest BCUT2D eigenvalue weighted by Gasteiger charge is 2.12. The van der Waals surface area contributed by atoms with Gasteiger partial charge in [0.05, 0.1) is 45.5 Å². The molecule has 0 atom stereocenters. The molecule has 0 aliphatic carbocycles. The van der Waals surface area contributed by atoms with E-state index in [0.29, 0.717) is 0 Å². The summed E-state index contributed by atoms with van der Waals surface area (Å²) in [6.45, 7) is 0. The Bertz CT molecular complexity index is 2510. The topological polar surface area (TPSA) is 87.2 Å². The molecular formula is C50H36N8. The third kappa shape index (κ3) is 8.12. The first kappa shape index (κ1) is 35.6. The number of hydrogen-bond acceptors (Lipinski definition) is 6. The second-order valence-corrected chi connectivity index (χ2v) is 13.4. The summed E-state index contributed by atoms with van der Waals surface area (Å²) in [5, 5.41) is 8.59. The molecule has 0 radical (unpaired) electrons. The van der Waals surface area contributed by atoms with Gasteiger partial charge in [-0.2, -0.15) is 10.2 Å². The number of aromatic nitrogens is 8. The Morgan fingerprint density at radius 3 is 1.03 bits per heavy atom. The summed E-state index contributed by atoms with van der Waals surface area (Å²) in [4.78, 5) is 18.7. The maximum atomic E-state index is 4.88. The van der Waals surface area contributed by atoms with Crippen LogP contribution in [0.4, 0.5) is 0 Å². The van der Waals surface area contributed by atoms with Gasteiger partial charge in [0.15, 0.2) is 0 Å². The molecule has 0 saturated heterocycles. The molecule has 0 unspecified atom stereocenters. The fourth-order valence-electron chi connectivity index (χ4n) is 6.66. The summed E-state index contributed by atoms with van der Waals surface area (Å²) < 4.78 is 3.70. The van der Waals surface area contributed by atoms with Crippen molar-refractivity contribution in [2.24, 2.45) is 0 Å². The lowest BCUT2D eigenvalue weighted by molar-refractivity contribution is 0.881. The van der Waals surface area contributed by atoms with Crippen molar-refractivity contribution in [3.63, 3.8) is 0 Å². The molecule has 0 saturated carbocycles. The van der Waals surface area contributed by atoms with Gasteiger partial charge in [-0.15, -0.1) is 0 Å². The van der Waals surface area contributed by atoms with Crippen LogP contribution in [0.1, 0.15) is 0 Å². The van der Waals surface area contributed by atoms with Crippen molar-refractivity contribution < 1.29 is 0 Å². The molecule has 10 aromatic rings. The summed E-state index contributed by atoms with van der Waals surface area (Å²) in [7, 11) is 0. The molecule has 10 rings (SSSR count). The summed E-state index contributed by atoms with van der Waals surface area (Å²) in [5.74, 6) is 0. The van der Waals surface area contributed by atoms with Gasteiger partial charge in [0.1, 0.15) is 0 Å². The van der Waals surface area contributed by atoms with E-state index in [4.69, 9.17) is 9.97 Å². The summed E-state index contributed by atoms with van der Waals surface area (Å²) in [6, 6.07) is 61.3. The number of pyridine rings is 4. The Morgan fingerprint density at radius 1 is 0.276 bits per heavy atom. The minimum atomic E-state index is 0.859. The van der Waals surface area contributed by atoms with Gasteiger partial charge < -0.3 is 0 Å². The lowest BCUT2D eigenvalue weighted by Gasteiger charge is -2.10. The molecule has 4 aromatic carbocycles. The number of hydrogen-bond donors (Lipinski definition) is 0. The Kier molecular flexibility index (Phi) is 10.3. The van der Waals surface area contributed by atoms with Crippen LogP contribution in [0.3, 0.4) is 0 Å². The van der Waals surface area contributed by atoms with Crippen LogP contribution in [-0.2, 0) is 0 Å². The van der Waals surface area contributed by atoms with Crippen molar-refractivity contribution in [2.75, 3.05) is 0 Å². The summed E-state index contributed by atoms with van der Waals surface area (Å²) in [6.07, 6.45) is 11.0. The standard InChI is InChI=1S/2C25H18N4/c2*1-2-7-20(8-3-1)24-17-21(18-25(28-24)23-9-4-5-14-26-23)19-10-12-22(13-11-19)29-16-6-15-27-29/h2*1-18H. The highest BCUT2D eigenvalue weighted by molar-refractivity contribution is 5.77. The highest BCUT2D eigenvalue weighted by Crippen LogP contribution is 2.32. The van der Waals surface area contributed by atoms with Gasteiger partial charge in [-0.3, -0.25) is 9.97 Å². The third-order valence-electron chi connectivity index (χ3n) is 9.58. The SMILES string of the molecule is c1ccc(-c2cc(-c3ccc(-n4cccn4)cc3)cc(-c3ccccn3)n2)cc1.c1ccc(-c2cc(-c3ccc(-n4cccn4)cc3)cc(-c3ccccn3)n2)cc1. The van der Waals surface area contributed by atoms with E-state index in [-0.39, 0.29) is 0 Å². The second-order valence-electron chi connectivity index (χ2n) is 13.4. The van der Waals surface area contributed by atoms with Crippen LogP contribution < -0.4 is 0 Å². The first-order chi connectivity index (χ1) is 28.7. The van der Waals surface area contributed by atoms with E-state index in [0.717, 1.165) is 78.9 Å². The monoisotopic (exact) mass is 748 g/mol. The zero-order valence-corrected chi connectivity index (χ0v) is 31.4. The molecule has 0 N–H and O–H groups in total. The van der Waals surface area contributed by atoms with Crippen LogP contribution >= 0.6 is 0 Å². The number of nitrogens with zero attached hydrogens (tertiary/aromatic N) is 8. The fourth-order valence-corrected chi connectivity index (χ4v) is 6.66. The Labute approximate surface area is 336 Å². The summed E-state index contributed by atoms with van der Waals surface area (Å²) >= 11 is 0. The second kappa shape index (κ2) is 16.7. The van der Waals surface area contributed by atoms with Crippen LogP contribution in [0.5, 0.6) is 0 Å². The van der Waals surface area contributed by atoms with E-state index in [9.17, 15) is 0 Å². The molecular weight excluding hydrogens is 713 g/mol. The van der Waals surface area contributed by atoms with Gasteiger partial charge in [0.25, 0.3) is 0 Å².